The maximum atomic E-state index is 12.6. The maximum Gasteiger partial charge on any atom is 0.251 e. The Hall–Kier alpha value is -2.89. The van der Waals surface area contributed by atoms with Gasteiger partial charge in [-0.3, -0.25) is 4.79 Å². The molecule has 0 fully saturated rings. The van der Waals surface area contributed by atoms with Crippen LogP contribution in [0.1, 0.15) is 42.7 Å². The van der Waals surface area contributed by atoms with Gasteiger partial charge in [0.1, 0.15) is 0 Å². The molecule has 6 heteroatoms. The highest BCUT2D eigenvalue weighted by Gasteiger charge is 2.16. The number of methoxy groups -OCH3 is 2. The summed E-state index contributed by atoms with van der Waals surface area (Å²) in [4.78, 5) is 12.6. The fourth-order valence-corrected chi connectivity index (χ4v) is 2.68. The van der Waals surface area contributed by atoms with Gasteiger partial charge in [-0.05, 0) is 56.7 Å². The average molecular weight is 373 g/mol. The number of nitrogens with one attached hydrogen (secondary N) is 1. The van der Waals surface area contributed by atoms with E-state index in [0.29, 0.717) is 41.8 Å². The largest absolute Gasteiger partial charge is 0.493 e. The van der Waals surface area contributed by atoms with Crippen molar-refractivity contribution in [1.82, 2.24) is 5.32 Å². The van der Waals surface area contributed by atoms with Crippen molar-refractivity contribution < 1.29 is 23.7 Å². The zero-order valence-electron chi connectivity index (χ0n) is 16.5. The molecule has 0 saturated heterocycles. The number of hydrogen-bond acceptors (Lipinski definition) is 5. The first kappa shape index (κ1) is 20.4. The second-order valence-corrected chi connectivity index (χ2v) is 5.84. The Bertz CT molecular complexity index is 775. The van der Waals surface area contributed by atoms with Gasteiger partial charge in [0.15, 0.2) is 23.0 Å². The fraction of sp³-hybridized carbons (Fsp3) is 0.381. The molecule has 1 atom stereocenters. The van der Waals surface area contributed by atoms with E-state index in [4.69, 9.17) is 18.9 Å². The fourth-order valence-electron chi connectivity index (χ4n) is 2.68. The highest BCUT2D eigenvalue weighted by molar-refractivity contribution is 5.95. The van der Waals surface area contributed by atoms with Crippen LogP contribution in [0.3, 0.4) is 0 Å². The lowest BCUT2D eigenvalue weighted by molar-refractivity contribution is 0.0939. The molecule has 27 heavy (non-hydrogen) atoms. The van der Waals surface area contributed by atoms with E-state index in [1.165, 1.54) is 7.11 Å². The van der Waals surface area contributed by atoms with Crippen molar-refractivity contribution in [3.63, 3.8) is 0 Å². The van der Waals surface area contributed by atoms with Crippen LogP contribution in [0, 0.1) is 0 Å². The Morgan fingerprint density at radius 3 is 2.15 bits per heavy atom. The van der Waals surface area contributed by atoms with Crippen LogP contribution in [-0.4, -0.2) is 33.3 Å². The summed E-state index contributed by atoms with van der Waals surface area (Å²) in [5.74, 6) is 2.26. The molecule has 0 aliphatic carbocycles. The third-order valence-corrected chi connectivity index (χ3v) is 4.06. The molecule has 1 N–H and O–H groups in total. The van der Waals surface area contributed by atoms with Crippen molar-refractivity contribution in [1.29, 1.82) is 0 Å². The zero-order chi connectivity index (χ0) is 19.8. The Kier molecular flexibility index (Phi) is 7.34. The molecular formula is C21H27NO5. The third-order valence-electron chi connectivity index (χ3n) is 4.06. The molecule has 0 saturated carbocycles. The first-order valence-electron chi connectivity index (χ1n) is 8.96. The number of amides is 1. The monoisotopic (exact) mass is 373 g/mol. The van der Waals surface area contributed by atoms with E-state index in [9.17, 15) is 4.79 Å². The summed E-state index contributed by atoms with van der Waals surface area (Å²) in [6, 6.07) is 10.5. The second kappa shape index (κ2) is 9.71. The summed E-state index contributed by atoms with van der Waals surface area (Å²) in [5.41, 5.74) is 1.42. The van der Waals surface area contributed by atoms with Gasteiger partial charge < -0.3 is 24.3 Å². The molecule has 146 valence electrons. The predicted octanol–water partition coefficient (Wildman–Crippen LogP) is 3.99. The Morgan fingerprint density at radius 1 is 0.889 bits per heavy atom. The van der Waals surface area contributed by atoms with Gasteiger partial charge in [0.05, 0.1) is 33.5 Å². The van der Waals surface area contributed by atoms with Gasteiger partial charge in [-0.2, -0.15) is 0 Å². The lowest BCUT2D eigenvalue weighted by Crippen LogP contribution is -2.26. The van der Waals surface area contributed by atoms with Crippen LogP contribution in [-0.2, 0) is 0 Å². The van der Waals surface area contributed by atoms with Gasteiger partial charge in [-0.1, -0.05) is 6.07 Å². The number of rotatable bonds is 9. The molecule has 0 spiro atoms. The average Bonchev–Trinajstić information content (AvgIpc) is 2.68. The topological polar surface area (TPSA) is 66.0 Å². The van der Waals surface area contributed by atoms with Gasteiger partial charge in [0.25, 0.3) is 5.91 Å². The lowest BCUT2D eigenvalue weighted by atomic mass is 10.1. The number of carbonyl (C=O) groups excluding carboxylic acids is 1. The molecule has 2 aromatic carbocycles. The summed E-state index contributed by atoms with van der Waals surface area (Å²) in [5, 5.41) is 2.99. The highest BCUT2D eigenvalue weighted by atomic mass is 16.5. The molecule has 0 unspecified atom stereocenters. The lowest BCUT2D eigenvalue weighted by Gasteiger charge is -2.18. The number of benzene rings is 2. The summed E-state index contributed by atoms with van der Waals surface area (Å²) in [6.07, 6.45) is 0. The molecule has 0 aromatic heterocycles. The molecule has 6 nitrogen and oxygen atoms in total. The summed E-state index contributed by atoms with van der Waals surface area (Å²) in [6.45, 7) is 6.87. The standard InChI is InChI=1S/C21H27NO5/c1-6-26-18-11-8-15(12-20(18)27-7-2)14(3)22-21(23)16-9-10-17(24-4)19(13-16)25-5/h8-14H,6-7H2,1-5H3,(H,22,23)/t14-/m1/s1. The van der Waals surface area contributed by atoms with Crippen LogP contribution in [0.5, 0.6) is 23.0 Å². The van der Waals surface area contributed by atoms with Gasteiger partial charge in [-0.15, -0.1) is 0 Å². The molecule has 2 aromatic rings. The van der Waals surface area contributed by atoms with Gasteiger partial charge in [0.2, 0.25) is 0 Å². The minimum Gasteiger partial charge on any atom is -0.493 e. The summed E-state index contributed by atoms with van der Waals surface area (Å²) >= 11 is 0. The predicted molar refractivity (Wildman–Crippen MR) is 104 cm³/mol. The molecule has 0 heterocycles. The van der Waals surface area contributed by atoms with Crippen molar-refractivity contribution in [3.05, 3.63) is 47.5 Å². The maximum absolute atomic E-state index is 12.6. The first-order chi connectivity index (χ1) is 13.0. The van der Waals surface area contributed by atoms with Gasteiger partial charge in [-0.25, -0.2) is 0 Å². The van der Waals surface area contributed by atoms with Crippen LogP contribution in [0.25, 0.3) is 0 Å². The number of ether oxygens (including phenoxy) is 4. The van der Waals surface area contributed by atoms with Crippen LogP contribution < -0.4 is 24.3 Å². The van der Waals surface area contributed by atoms with Crippen molar-refractivity contribution in [2.24, 2.45) is 0 Å². The smallest absolute Gasteiger partial charge is 0.251 e. The van der Waals surface area contributed by atoms with Crippen molar-refractivity contribution in [2.45, 2.75) is 26.8 Å². The molecule has 0 radical (unpaired) electrons. The Balaban J connectivity index is 2.17. The highest BCUT2D eigenvalue weighted by Crippen LogP contribution is 2.31. The van der Waals surface area contributed by atoms with E-state index in [2.05, 4.69) is 5.32 Å². The van der Waals surface area contributed by atoms with Crippen LogP contribution in [0.4, 0.5) is 0 Å². The van der Waals surface area contributed by atoms with Gasteiger partial charge >= 0.3 is 0 Å². The van der Waals surface area contributed by atoms with E-state index in [1.807, 2.05) is 39.0 Å². The molecule has 0 aliphatic heterocycles. The van der Waals surface area contributed by atoms with Crippen molar-refractivity contribution in [2.75, 3.05) is 27.4 Å². The molecule has 1 amide bonds. The van der Waals surface area contributed by atoms with Crippen molar-refractivity contribution in [3.8, 4) is 23.0 Å². The third kappa shape index (κ3) is 5.06. The minimum absolute atomic E-state index is 0.199. The van der Waals surface area contributed by atoms with Crippen LogP contribution in [0.2, 0.25) is 0 Å². The van der Waals surface area contributed by atoms with Gasteiger partial charge in [0, 0.05) is 5.56 Å². The van der Waals surface area contributed by atoms with E-state index in [0.717, 1.165) is 5.56 Å². The Labute approximate surface area is 160 Å². The van der Waals surface area contributed by atoms with Crippen molar-refractivity contribution >= 4 is 5.91 Å². The molecule has 0 aliphatic rings. The molecule has 2 rings (SSSR count). The normalized spacial score (nSPS) is 11.4. The van der Waals surface area contributed by atoms with E-state index >= 15 is 0 Å². The molecule has 0 bridgehead atoms. The number of carbonyl (C=O) groups is 1. The Morgan fingerprint density at radius 2 is 1.52 bits per heavy atom. The summed E-state index contributed by atoms with van der Waals surface area (Å²) < 4.78 is 21.7. The SMILES string of the molecule is CCOc1ccc([C@@H](C)NC(=O)c2ccc(OC)c(OC)c2)cc1OCC. The minimum atomic E-state index is -0.208. The summed E-state index contributed by atoms with van der Waals surface area (Å²) in [7, 11) is 3.10. The van der Waals surface area contributed by atoms with Crippen LogP contribution in [0.15, 0.2) is 36.4 Å². The quantitative estimate of drug-likeness (QED) is 0.720. The zero-order valence-corrected chi connectivity index (χ0v) is 16.5. The van der Waals surface area contributed by atoms with E-state index < -0.39 is 0 Å². The number of hydrogen-bond donors (Lipinski definition) is 1. The van der Waals surface area contributed by atoms with Crippen LogP contribution >= 0.6 is 0 Å². The second-order valence-electron chi connectivity index (χ2n) is 5.84. The van der Waals surface area contributed by atoms with E-state index in [1.54, 1.807) is 25.3 Å². The van der Waals surface area contributed by atoms with E-state index in [-0.39, 0.29) is 11.9 Å². The molecular weight excluding hydrogens is 346 g/mol. The first-order valence-corrected chi connectivity index (χ1v) is 8.96.